The van der Waals surface area contributed by atoms with Gasteiger partial charge in [-0.3, -0.25) is 29.4 Å². The molecule has 2 aromatic rings. The molecule has 0 aliphatic heterocycles. The summed E-state index contributed by atoms with van der Waals surface area (Å²) in [6, 6.07) is 5.30. The van der Waals surface area contributed by atoms with Gasteiger partial charge in [-0.1, -0.05) is 12.1 Å². The number of hydrogen-bond donors (Lipinski definition) is 7. The Kier molecular flexibility index (Phi) is 10.7. The second-order valence-corrected chi connectivity index (χ2v) is 8.96. The summed E-state index contributed by atoms with van der Waals surface area (Å²) in [6.07, 6.45) is 0.509. The zero-order valence-electron chi connectivity index (χ0n) is 19.8. The highest BCUT2D eigenvalue weighted by Gasteiger charge is 2.26. The minimum atomic E-state index is -1.04. The first-order valence-corrected chi connectivity index (χ1v) is 12.0. The number of carbonyl (C=O) groups is 5. The molecule has 2 unspecified atom stereocenters. The van der Waals surface area contributed by atoms with E-state index < -0.39 is 42.3 Å². The Labute approximate surface area is 211 Å². The maximum Gasteiger partial charge on any atom is 0.243 e. The van der Waals surface area contributed by atoms with Gasteiger partial charge >= 0.3 is 0 Å². The number of thiazole rings is 1. The second kappa shape index (κ2) is 13.7. The van der Waals surface area contributed by atoms with Crippen LogP contribution in [0.25, 0.3) is 10.2 Å². The Balaban J connectivity index is 2.04. The number of ketones is 1. The molecule has 0 saturated heterocycles. The van der Waals surface area contributed by atoms with E-state index in [-0.39, 0.29) is 36.0 Å². The normalized spacial score (nSPS) is 12.2. The number of guanidine groups is 1. The van der Waals surface area contributed by atoms with Crippen LogP contribution in [0, 0.1) is 5.41 Å². The van der Waals surface area contributed by atoms with Crippen LogP contribution in [0.2, 0.25) is 0 Å². The van der Waals surface area contributed by atoms with E-state index in [9.17, 15) is 24.0 Å². The number of carbonyl (C=O) groups excluding carboxylic acids is 5. The third-order valence-corrected chi connectivity index (χ3v) is 5.99. The third-order valence-electron chi connectivity index (χ3n) is 4.94. The van der Waals surface area contributed by atoms with Gasteiger partial charge in [-0.15, -0.1) is 11.3 Å². The number of benzene rings is 1. The van der Waals surface area contributed by atoms with E-state index in [0.29, 0.717) is 18.5 Å². The Hall–Kier alpha value is -4.07. The van der Waals surface area contributed by atoms with Crippen molar-refractivity contribution in [3.05, 3.63) is 29.3 Å². The molecule has 0 bridgehead atoms. The molecular formula is C22H30N8O5S. The number of hydrogen-bond acceptors (Lipinski definition) is 8. The molecule has 1 aromatic heterocycles. The van der Waals surface area contributed by atoms with Gasteiger partial charge in [0, 0.05) is 19.9 Å². The largest absolute Gasteiger partial charge is 0.370 e. The molecule has 14 heteroatoms. The summed E-state index contributed by atoms with van der Waals surface area (Å²) in [5.41, 5.74) is 11.1. The van der Waals surface area contributed by atoms with E-state index in [1.54, 1.807) is 6.07 Å². The molecule has 0 radical (unpaired) electrons. The van der Waals surface area contributed by atoms with Crippen LogP contribution in [0.4, 0.5) is 0 Å². The van der Waals surface area contributed by atoms with Crippen LogP contribution in [-0.4, -0.2) is 65.5 Å². The molecule has 2 atom stereocenters. The standard InChI is InChI=1S/C22H30N8O5S/c1-12(31)28-15(8-9-17(23)32)20(35)27-11-18(33)29-14(6-4-10-26-22(24)25)19(34)21-30-13-5-2-3-7-16(13)36-21/h2-3,5,7,14-15H,4,6,8-11H2,1H3,(H2,23,32)(H,27,35)(H,28,31)(H,29,33)(H4,24,25,26). The van der Waals surface area contributed by atoms with Crippen LogP contribution in [0.15, 0.2) is 24.3 Å². The van der Waals surface area contributed by atoms with Gasteiger partial charge in [0.1, 0.15) is 6.04 Å². The molecule has 4 amide bonds. The monoisotopic (exact) mass is 518 g/mol. The highest BCUT2D eigenvalue weighted by Crippen LogP contribution is 2.23. The first kappa shape index (κ1) is 28.2. The highest BCUT2D eigenvalue weighted by molar-refractivity contribution is 7.20. The smallest absolute Gasteiger partial charge is 0.243 e. The number of aromatic nitrogens is 1. The van der Waals surface area contributed by atoms with Crippen molar-refractivity contribution in [3.8, 4) is 0 Å². The quantitative estimate of drug-likeness (QED) is 0.0717. The van der Waals surface area contributed by atoms with Crippen LogP contribution in [0.3, 0.4) is 0 Å². The van der Waals surface area contributed by atoms with E-state index in [0.717, 1.165) is 4.70 Å². The van der Waals surface area contributed by atoms with Gasteiger partial charge in [0.15, 0.2) is 11.0 Å². The summed E-state index contributed by atoms with van der Waals surface area (Å²) in [4.78, 5) is 65.0. The van der Waals surface area contributed by atoms with E-state index in [2.05, 4.69) is 26.3 Å². The predicted octanol–water partition coefficient (Wildman–Crippen LogP) is -0.887. The zero-order valence-corrected chi connectivity index (χ0v) is 20.6. The Bertz CT molecular complexity index is 1100. The number of nitrogens with two attached hydrogens (primary N) is 2. The maximum absolute atomic E-state index is 13.2. The van der Waals surface area contributed by atoms with Gasteiger partial charge in [-0.05, 0) is 31.4 Å². The lowest BCUT2D eigenvalue weighted by Gasteiger charge is -2.19. The molecule has 2 rings (SSSR count). The summed E-state index contributed by atoms with van der Waals surface area (Å²) >= 11 is 1.21. The Morgan fingerprint density at radius 2 is 1.75 bits per heavy atom. The van der Waals surface area contributed by atoms with E-state index in [1.165, 1.54) is 18.3 Å². The molecule has 1 aromatic carbocycles. The van der Waals surface area contributed by atoms with Gasteiger partial charge in [0.25, 0.3) is 0 Å². The molecule has 0 aliphatic rings. The second-order valence-electron chi connectivity index (χ2n) is 7.93. The topological polar surface area (TPSA) is 222 Å². The lowest BCUT2D eigenvalue weighted by molar-refractivity contribution is -0.130. The van der Waals surface area contributed by atoms with Crippen molar-refractivity contribution >= 4 is 56.9 Å². The first-order valence-electron chi connectivity index (χ1n) is 11.2. The van der Waals surface area contributed by atoms with Gasteiger partial charge in [0.2, 0.25) is 29.4 Å². The molecule has 194 valence electrons. The van der Waals surface area contributed by atoms with Crippen molar-refractivity contribution in [1.82, 2.24) is 26.3 Å². The zero-order chi connectivity index (χ0) is 26.7. The van der Waals surface area contributed by atoms with Crippen LogP contribution in [-0.2, 0) is 19.2 Å². The van der Waals surface area contributed by atoms with Crippen molar-refractivity contribution in [2.75, 3.05) is 13.1 Å². The average molecular weight is 519 g/mol. The Morgan fingerprint density at radius 3 is 2.39 bits per heavy atom. The highest BCUT2D eigenvalue weighted by atomic mass is 32.1. The number of nitrogens with one attached hydrogen (secondary N) is 5. The maximum atomic E-state index is 13.2. The van der Waals surface area contributed by atoms with Gasteiger partial charge in [-0.25, -0.2) is 4.98 Å². The number of fused-ring (bicyclic) bond motifs is 1. The molecule has 0 spiro atoms. The van der Waals surface area contributed by atoms with Gasteiger partial charge in [-0.2, -0.15) is 0 Å². The minimum Gasteiger partial charge on any atom is -0.370 e. The number of primary amides is 1. The molecule has 1 heterocycles. The molecule has 36 heavy (non-hydrogen) atoms. The van der Waals surface area contributed by atoms with E-state index in [4.69, 9.17) is 16.9 Å². The third kappa shape index (κ3) is 9.29. The molecular weight excluding hydrogens is 488 g/mol. The average Bonchev–Trinajstić information content (AvgIpc) is 3.25. The van der Waals surface area contributed by atoms with Gasteiger partial charge < -0.3 is 32.7 Å². The Morgan fingerprint density at radius 1 is 1.03 bits per heavy atom. The van der Waals surface area contributed by atoms with Crippen LogP contribution < -0.4 is 32.7 Å². The van der Waals surface area contributed by atoms with Gasteiger partial charge in [0.05, 0.1) is 22.8 Å². The van der Waals surface area contributed by atoms with Crippen molar-refractivity contribution in [2.45, 2.75) is 44.7 Å². The number of nitrogens with zero attached hydrogens (tertiary/aromatic N) is 1. The molecule has 9 N–H and O–H groups in total. The minimum absolute atomic E-state index is 0.0236. The van der Waals surface area contributed by atoms with Crippen LogP contribution in [0.1, 0.15) is 42.4 Å². The van der Waals surface area contributed by atoms with Crippen molar-refractivity contribution in [3.63, 3.8) is 0 Å². The van der Waals surface area contributed by atoms with Crippen molar-refractivity contribution in [1.29, 1.82) is 5.41 Å². The predicted molar refractivity (Wildman–Crippen MR) is 134 cm³/mol. The summed E-state index contributed by atoms with van der Waals surface area (Å²) < 4.78 is 0.830. The SMILES string of the molecule is CC(=O)NC(CCC(N)=O)C(=O)NCC(=O)NC(CCCNC(=N)N)C(=O)c1nc2ccccc2s1. The lowest BCUT2D eigenvalue weighted by Crippen LogP contribution is -2.50. The summed E-state index contributed by atoms with van der Waals surface area (Å²) in [7, 11) is 0. The fourth-order valence-corrected chi connectivity index (χ4v) is 4.22. The molecule has 0 fully saturated rings. The van der Waals surface area contributed by atoms with E-state index in [1.807, 2.05) is 18.2 Å². The number of para-hydroxylation sites is 1. The molecule has 13 nitrogen and oxygen atoms in total. The van der Waals surface area contributed by atoms with Crippen LogP contribution in [0.5, 0.6) is 0 Å². The number of amides is 4. The first-order chi connectivity index (χ1) is 17.1. The van der Waals surface area contributed by atoms with Crippen molar-refractivity contribution < 1.29 is 24.0 Å². The fourth-order valence-electron chi connectivity index (χ4n) is 3.26. The molecule has 0 aliphatic carbocycles. The number of Topliss-reactive ketones (excluding diaryl/α,β-unsaturated/α-hetero) is 1. The van der Waals surface area contributed by atoms with E-state index >= 15 is 0 Å². The fraction of sp³-hybridized carbons (Fsp3) is 0.409. The summed E-state index contributed by atoms with van der Waals surface area (Å²) in [6.45, 7) is 1.08. The lowest BCUT2D eigenvalue weighted by atomic mass is 10.1. The van der Waals surface area contributed by atoms with Crippen LogP contribution >= 0.6 is 11.3 Å². The molecule has 0 saturated carbocycles. The van der Waals surface area contributed by atoms with Crippen molar-refractivity contribution in [2.24, 2.45) is 11.5 Å². The number of rotatable bonds is 14. The summed E-state index contributed by atoms with van der Waals surface area (Å²) in [5, 5.41) is 17.5. The summed E-state index contributed by atoms with van der Waals surface area (Å²) in [5.74, 6) is -2.99.